The van der Waals surface area contributed by atoms with Crippen molar-refractivity contribution in [1.29, 1.82) is 0 Å². The number of aromatic nitrogens is 2. The molecule has 2 fully saturated rings. The molecule has 1 aromatic heterocycles. The fraction of sp³-hybridized carbons (Fsp3) is 0.429. The lowest BCUT2D eigenvalue weighted by Gasteiger charge is -2.35. The first kappa shape index (κ1) is 21.9. The zero-order valence-corrected chi connectivity index (χ0v) is 19.3. The predicted octanol–water partition coefficient (Wildman–Crippen LogP) is 5.20. The summed E-state index contributed by atoms with van der Waals surface area (Å²) in [4.78, 5) is 15.0. The maximum absolute atomic E-state index is 12.9. The van der Waals surface area contributed by atoms with Crippen LogP contribution in [0.5, 0.6) is 0 Å². The van der Waals surface area contributed by atoms with E-state index in [-0.39, 0.29) is 5.92 Å². The van der Waals surface area contributed by atoms with Crippen LogP contribution in [-0.2, 0) is 11.3 Å². The van der Waals surface area contributed by atoms with Gasteiger partial charge in [0.15, 0.2) is 0 Å². The highest BCUT2D eigenvalue weighted by Crippen LogP contribution is 2.27. The molecule has 2 aliphatic rings. The first-order chi connectivity index (χ1) is 16.3. The number of likely N-dealkylation sites (tertiary alicyclic amines) is 1. The number of rotatable bonds is 6. The zero-order valence-electron chi connectivity index (χ0n) is 19.3. The van der Waals surface area contributed by atoms with E-state index in [1.807, 2.05) is 28.9 Å². The van der Waals surface area contributed by atoms with Crippen LogP contribution in [0.1, 0.15) is 50.5 Å². The minimum absolute atomic E-state index is 0.278. The number of benzene rings is 2. The molecule has 1 amide bonds. The predicted molar refractivity (Wildman–Crippen MR) is 132 cm³/mol. The summed E-state index contributed by atoms with van der Waals surface area (Å²) in [5.74, 6) is 0.684. The van der Waals surface area contributed by atoms with E-state index in [1.54, 1.807) is 0 Å². The van der Waals surface area contributed by atoms with Crippen molar-refractivity contribution in [3.8, 4) is 16.9 Å². The fourth-order valence-corrected chi connectivity index (χ4v) is 5.26. The van der Waals surface area contributed by atoms with Gasteiger partial charge in [-0.1, -0.05) is 67.8 Å². The van der Waals surface area contributed by atoms with Gasteiger partial charge >= 0.3 is 0 Å². The lowest BCUT2D eigenvalue weighted by molar-refractivity contribution is -0.137. The molecular formula is C28H34N4O. The van der Waals surface area contributed by atoms with Crippen molar-refractivity contribution in [1.82, 2.24) is 20.0 Å². The molecule has 1 aliphatic carbocycles. The first-order valence-electron chi connectivity index (χ1n) is 12.5. The van der Waals surface area contributed by atoms with E-state index in [4.69, 9.17) is 5.10 Å². The Bertz CT molecular complexity index is 1030. The van der Waals surface area contributed by atoms with Gasteiger partial charge in [0, 0.05) is 48.9 Å². The molecule has 5 rings (SSSR count). The van der Waals surface area contributed by atoms with E-state index in [1.165, 1.54) is 24.8 Å². The van der Waals surface area contributed by atoms with Gasteiger partial charge in [-0.05, 0) is 37.8 Å². The summed E-state index contributed by atoms with van der Waals surface area (Å²) >= 11 is 0. The highest BCUT2D eigenvalue weighted by molar-refractivity contribution is 5.79. The van der Waals surface area contributed by atoms with E-state index in [0.29, 0.717) is 11.9 Å². The number of amides is 1. The van der Waals surface area contributed by atoms with Crippen molar-refractivity contribution in [2.24, 2.45) is 5.92 Å². The summed E-state index contributed by atoms with van der Waals surface area (Å²) in [6.07, 6.45) is 10.1. The van der Waals surface area contributed by atoms with Crippen molar-refractivity contribution in [3.05, 3.63) is 72.4 Å². The molecule has 5 nitrogen and oxygen atoms in total. The van der Waals surface area contributed by atoms with Crippen LogP contribution in [0.4, 0.5) is 0 Å². The lowest BCUT2D eigenvalue weighted by Crippen LogP contribution is -2.46. The second-order valence-corrected chi connectivity index (χ2v) is 9.46. The second kappa shape index (κ2) is 10.3. The molecule has 0 atom stereocenters. The molecule has 0 radical (unpaired) electrons. The standard InChI is InChI=1S/C28H34N4O/c33-28(23-12-6-2-7-13-23)31-18-16-25(17-19-31)29-20-24-21-32(26-14-8-3-9-15-26)30-27(24)22-10-4-1-5-11-22/h1,3-5,8-11,14-15,21,23,25,29H,2,6-7,12-13,16-20H2. The third kappa shape index (κ3) is 5.19. The van der Waals surface area contributed by atoms with Crippen molar-refractivity contribution in [3.63, 3.8) is 0 Å². The van der Waals surface area contributed by atoms with Gasteiger partial charge < -0.3 is 10.2 Å². The third-order valence-electron chi connectivity index (χ3n) is 7.20. The van der Waals surface area contributed by atoms with Crippen LogP contribution in [0.3, 0.4) is 0 Å². The number of nitrogens with zero attached hydrogens (tertiary/aromatic N) is 3. The van der Waals surface area contributed by atoms with Crippen LogP contribution < -0.4 is 5.32 Å². The molecule has 172 valence electrons. The van der Waals surface area contributed by atoms with Gasteiger partial charge in [-0.15, -0.1) is 0 Å². The van der Waals surface area contributed by atoms with Gasteiger partial charge in [-0.3, -0.25) is 4.79 Å². The average molecular weight is 443 g/mol. The normalized spacial score (nSPS) is 17.9. The highest BCUT2D eigenvalue weighted by atomic mass is 16.2. The molecule has 3 aromatic rings. The molecule has 33 heavy (non-hydrogen) atoms. The van der Waals surface area contributed by atoms with Gasteiger partial charge in [-0.25, -0.2) is 4.68 Å². The van der Waals surface area contributed by atoms with E-state index >= 15 is 0 Å². The Balaban J connectivity index is 1.23. The number of nitrogens with one attached hydrogen (secondary N) is 1. The molecule has 0 unspecified atom stereocenters. The van der Waals surface area contributed by atoms with Crippen LogP contribution in [0, 0.1) is 5.92 Å². The molecule has 0 spiro atoms. The molecule has 2 aromatic carbocycles. The van der Waals surface area contributed by atoms with Gasteiger partial charge in [0.1, 0.15) is 0 Å². The van der Waals surface area contributed by atoms with Crippen LogP contribution in [-0.4, -0.2) is 39.7 Å². The topological polar surface area (TPSA) is 50.2 Å². The molecule has 1 saturated carbocycles. The summed E-state index contributed by atoms with van der Waals surface area (Å²) in [5.41, 5.74) is 4.43. The third-order valence-corrected chi connectivity index (χ3v) is 7.20. The van der Waals surface area contributed by atoms with E-state index in [2.05, 4.69) is 52.8 Å². The van der Waals surface area contributed by atoms with E-state index in [9.17, 15) is 4.79 Å². The summed E-state index contributed by atoms with van der Waals surface area (Å²) in [5, 5.41) is 8.69. The lowest BCUT2D eigenvalue weighted by atomic mass is 9.87. The van der Waals surface area contributed by atoms with E-state index in [0.717, 1.165) is 62.3 Å². The Morgan fingerprint density at radius 2 is 1.55 bits per heavy atom. The summed E-state index contributed by atoms with van der Waals surface area (Å²) < 4.78 is 1.98. The number of para-hydroxylation sites is 1. The van der Waals surface area contributed by atoms with Gasteiger partial charge in [-0.2, -0.15) is 5.10 Å². The van der Waals surface area contributed by atoms with Crippen LogP contribution in [0.2, 0.25) is 0 Å². The molecule has 2 heterocycles. The second-order valence-electron chi connectivity index (χ2n) is 9.46. The van der Waals surface area contributed by atoms with Gasteiger partial charge in [0.05, 0.1) is 11.4 Å². The molecule has 5 heteroatoms. The zero-order chi connectivity index (χ0) is 22.5. The van der Waals surface area contributed by atoms with Crippen molar-refractivity contribution in [2.45, 2.75) is 57.5 Å². The van der Waals surface area contributed by atoms with Crippen molar-refractivity contribution < 1.29 is 4.79 Å². The number of hydrogen-bond donors (Lipinski definition) is 1. The quantitative estimate of drug-likeness (QED) is 0.571. The number of hydrogen-bond acceptors (Lipinski definition) is 3. The SMILES string of the molecule is O=C(C1CCCCC1)N1CCC(NCc2cn(-c3ccccc3)nc2-c2ccccc2)CC1. The summed E-state index contributed by atoms with van der Waals surface area (Å²) in [6.45, 7) is 2.53. The van der Waals surface area contributed by atoms with Crippen molar-refractivity contribution >= 4 is 5.91 Å². The maximum atomic E-state index is 12.9. The Labute approximate surface area is 196 Å². The molecular weight excluding hydrogens is 408 g/mol. The summed E-state index contributed by atoms with van der Waals surface area (Å²) in [6, 6.07) is 21.1. The Morgan fingerprint density at radius 3 is 2.24 bits per heavy atom. The highest BCUT2D eigenvalue weighted by Gasteiger charge is 2.29. The molecule has 1 N–H and O–H groups in total. The van der Waals surface area contributed by atoms with Crippen molar-refractivity contribution in [2.75, 3.05) is 13.1 Å². The minimum atomic E-state index is 0.278. The fourth-order valence-electron chi connectivity index (χ4n) is 5.26. The summed E-state index contributed by atoms with van der Waals surface area (Å²) in [7, 11) is 0. The molecule has 1 aliphatic heterocycles. The largest absolute Gasteiger partial charge is 0.342 e. The number of piperidine rings is 1. The minimum Gasteiger partial charge on any atom is -0.342 e. The monoisotopic (exact) mass is 442 g/mol. The first-order valence-corrected chi connectivity index (χ1v) is 12.5. The molecule has 0 bridgehead atoms. The van der Waals surface area contributed by atoms with Crippen LogP contribution in [0.25, 0.3) is 16.9 Å². The number of carbonyl (C=O) groups is 1. The Morgan fingerprint density at radius 1 is 0.879 bits per heavy atom. The number of carbonyl (C=O) groups excluding carboxylic acids is 1. The van der Waals surface area contributed by atoms with E-state index < -0.39 is 0 Å². The molecule has 1 saturated heterocycles. The maximum Gasteiger partial charge on any atom is 0.225 e. The Kier molecular flexibility index (Phi) is 6.87. The van der Waals surface area contributed by atoms with Crippen LogP contribution >= 0.6 is 0 Å². The smallest absolute Gasteiger partial charge is 0.225 e. The van der Waals surface area contributed by atoms with Crippen LogP contribution in [0.15, 0.2) is 66.9 Å². The Hall–Kier alpha value is -2.92. The van der Waals surface area contributed by atoms with Gasteiger partial charge in [0.25, 0.3) is 0 Å². The average Bonchev–Trinajstić information content (AvgIpc) is 3.33. The van der Waals surface area contributed by atoms with Gasteiger partial charge in [0.2, 0.25) is 5.91 Å².